The van der Waals surface area contributed by atoms with Gasteiger partial charge in [-0.25, -0.2) is 0 Å². The van der Waals surface area contributed by atoms with E-state index in [2.05, 4.69) is 36.1 Å². The zero-order valence-electron chi connectivity index (χ0n) is 10.4. The standard InChI is InChI=1S/C14H21NOS/c1-14(12-16,13-5-3-2-4-6-13)11-15-7-9-17-10-8-15/h2-6,16H,7-12H2,1H3. The van der Waals surface area contributed by atoms with Crippen molar-refractivity contribution in [3.8, 4) is 0 Å². The molecule has 1 unspecified atom stereocenters. The Bertz CT molecular complexity index is 337. The van der Waals surface area contributed by atoms with E-state index in [4.69, 9.17) is 0 Å². The maximum absolute atomic E-state index is 9.74. The van der Waals surface area contributed by atoms with Crippen molar-refractivity contribution < 1.29 is 5.11 Å². The van der Waals surface area contributed by atoms with Crippen molar-refractivity contribution in [3.63, 3.8) is 0 Å². The van der Waals surface area contributed by atoms with Crippen molar-refractivity contribution in [1.82, 2.24) is 4.90 Å². The zero-order valence-corrected chi connectivity index (χ0v) is 11.2. The summed E-state index contributed by atoms with van der Waals surface area (Å²) in [5.41, 5.74) is 1.10. The molecule has 1 aromatic rings. The van der Waals surface area contributed by atoms with Gasteiger partial charge in [0.05, 0.1) is 6.61 Å². The molecule has 0 radical (unpaired) electrons. The quantitative estimate of drug-likeness (QED) is 0.885. The first-order valence-corrected chi connectivity index (χ1v) is 7.36. The van der Waals surface area contributed by atoms with Gasteiger partial charge < -0.3 is 10.0 Å². The van der Waals surface area contributed by atoms with E-state index in [9.17, 15) is 5.11 Å². The molecule has 0 amide bonds. The number of rotatable bonds is 4. The van der Waals surface area contributed by atoms with Crippen LogP contribution >= 0.6 is 11.8 Å². The topological polar surface area (TPSA) is 23.5 Å². The van der Waals surface area contributed by atoms with E-state index in [0.29, 0.717) is 0 Å². The van der Waals surface area contributed by atoms with Crippen LogP contribution in [0.2, 0.25) is 0 Å². The minimum Gasteiger partial charge on any atom is -0.395 e. The van der Waals surface area contributed by atoms with E-state index in [1.54, 1.807) is 0 Å². The molecule has 2 nitrogen and oxygen atoms in total. The molecule has 0 bridgehead atoms. The van der Waals surface area contributed by atoms with Gasteiger partial charge in [0.25, 0.3) is 0 Å². The van der Waals surface area contributed by atoms with E-state index < -0.39 is 0 Å². The van der Waals surface area contributed by atoms with Crippen LogP contribution < -0.4 is 0 Å². The molecule has 3 heteroatoms. The lowest BCUT2D eigenvalue weighted by atomic mass is 9.82. The highest BCUT2D eigenvalue weighted by atomic mass is 32.2. The molecular weight excluding hydrogens is 230 g/mol. The first-order chi connectivity index (χ1) is 8.24. The van der Waals surface area contributed by atoms with Crippen LogP contribution in [0, 0.1) is 0 Å². The van der Waals surface area contributed by atoms with E-state index in [-0.39, 0.29) is 12.0 Å². The van der Waals surface area contributed by atoms with Crippen molar-refractivity contribution in [2.24, 2.45) is 0 Å². The minimum atomic E-state index is -0.136. The number of aliphatic hydroxyl groups is 1. The molecule has 1 saturated heterocycles. The molecule has 1 aromatic carbocycles. The smallest absolute Gasteiger partial charge is 0.0537 e. The van der Waals surface area contributed by atoms with Crippen LogP contribution in [0.1, 0.15) is 12.5 Å². The molecule has 1 atom stereocenters. The molecule has 0 aliphatic carbocycles. The number of hydrogen-bond acceptors (Lipinski definition) is 3. The lowest BCUT2D eigenvalue weighted by Crippen LogP contribution is -2.44. The summed E-state index contributed by atoms with van der Waals surface area (Å²) in [6.45, 7) is 5.61. The van der Waals surface area contributed by atoms with Gasteiger partial charge in [0, 0.05) is 36.6 Å². The summed E-state index contributed by atoms with van der Waals surface area (Å²) in [4.78, 5) is 2.47. The highest BCUT2D eigenvalue weighted by molar-refractivity contribution is 7.99. The summed E-state index contributed by atoms with van der Waals surface area (Å²) in [5.74, 6) is 2.44. The number of thioether (sulfide) groups is 1. The largest absolute Gasteiger partial charge is 0.395 e. The fraction of sp³-hybridized carbons (Fsp3) is 0.571. The maximum Gasteiger partial charge on any atom is 0.0537 e. The molecular formula is C14H21NOS. The molecule has 1 fully saturated rings. The predicted molar refractivity (Wildman–Crippen MR) is 74.6 cm³/mol. The Balaban J connectivity index is 2.08. The van der Waals surface area contributed by atoms with E-state index in [1.165, 1.54) is 17.1 Å². The van der Waals surface area contributed by atoms with Crippen molar-refractivity contribution in [3.05, 3.63) is 35.9 Å². The van der Waals surface area contributed by atoms with Gasteiger partial charge in [0.15, 0.2) is 0 Å². The Morgan fingerprint density at radius 2 is 1.88 bits per heavy atom. The fourth-order valence-electron chi connectivity index (χ4n) is 2.33. The first kappa shape index (κ1) is 12.9. The van der Waals surface area contributed by atoms with Gasteiger partial charge in [-0.2, -0.15) is 11.8 Å². The first-order valence-electron chi connectivity index (χ1n) is 6.21. The normalized spacial score (nSPS) is 21.1. The summed E-state index contributed by atoms with van der Waals surface area (Å²) in [6.07, 6.45) is 0. The number of hydrogen-bond donors (Lipinski definition) is 1. The number of nitrogens with zero attached hydrogens (tertiary/aromatic N) is 1. The summed E-state index contributed by atoms with van der Waals surface area (Å²) in [7, 11) is 0. The molecule has 1 N–H and O–H groups in total. The predicted octanol–water partition coefficient (Wildman–Crippen LogP) is 1.99. The Labute approximate surface area is 108 Å². The average molecular weight is 251 g/mol. The lowest BCUT2D eigenvalue weighted by Gasteiger charge is -2.36. The van der Waals surface area contributed by atoms with Gasteiger partial charge in [-0.15, -0.1) is 0 Å². The van der Waals surface area contributed by atoms with Gasteiger partial charge in [-0.05, 0) is 5.56 Å². The second kappa shape index (κ2) is 5.89. The highest BCUT2D eigenvalue weighted by Crippen LogP contribution is 2.25. The third kappa shape index (κ3) is 3.24. The van der Waals surface area contributed by atoms with Crippen molar-refractivity contribution in [1.29, 1.82) is 0 Å². The lowest BCUT2D eigenvalue weighted by molar-refractivity contribution is 0.150. The second-order valence-corrected chi connectivity index (χ2v) is 6.20. The molecule has 94 valence electrons. The average Bonchev–Trinajstić information content (AvgIpc) is 2.41. The third-order valence-corrected chi connectivity index (χ3v) is 4.44. The van der Waals surface area contributed by atoms with Crippen LogP contribution in [0.4, 0.5) is 0 Å². The molecule has 0 saturated carbocycles. The van der Waals surface area contributed by atoms with Crippen LogP contribution in [0.25, 0.3) is 0 Å². The molecule has 1 heterocycles. The van der Waals surface area contributed by atoms with Crippen LogP contribution in [0.5, 0.6) is 0 Å². The Kier molecular flexibility index (Phi) is 4.48. The van der Waals surface area contributed by atoms with Crippen LogP contribution in [0.15, 0.2) is 30.3 Å². The summed E-state index contributed by atoms with van der Waals surface area (Å²) >= 11 is 2.02. The van der Waals surface area contributed by atoms with Gasteiger partial charge in [0.2, 0.25) is 0 Å². The Morgan fingerprint density at radius 1 is 1.24 bits per heavy atom. The maximum atomic E-state index is 9.74. The van der Waals surface area contributed by atoms with Crippen molar-refractivity contribution in [2.75, 3.05) is 37.7 Å². The molecule has 1 aliphatic rings. The SMILES string of the molecule is CC(CO)(CN1CCSCC1)c1ccccc1. The monoisotopic (exact) mass is 251 g/mol. The molecule has 0 spiro atoms. The van der Waals surface area contributed by atoms with Gasteiger partial charge in [-0.1, -0.05) is 37.3 Å². The van der Waals surface area contributed by atoms with E-state index in [0.717, 1.165) is 19.6 Å². The number of aliphatic hydroxyl groups excluding tert-OH is 1. The Hall–Kier alpha value is -0.510. The van der Waals surface area contributed by atoms with Crippen LogP contribution in [0.3, 0.4) is 0 Å². The fourth-order valence-corrected chi connectivity index (χ4v) is 3.30. The van der Waals surface area contributed by atoms with Gasteiger partial charge in [-0.3, -0.25) is 0 Å². The molecule has 17 heavy (non-hydrogen) atoms. The molecule has 1 aliphatic heterocycles. The van der Waals surface area contributed by atoms with Gasteiger partial charge >= 0.3 is 0 Å². The van der Waals surface area contributed by atoms with Gasteiger partial charge in [0.1, 0.15) is 0 Å². The van der Waals surface area contributed by atoms with E-state index >= 15 is 0 Å². The Morgan fingerprint density at radius 3 is 2.47 bits per heavy atom. The highest BCUT2D eigenvalue weighted by Gasteiger charge is 2.28. The van der Waals surface area contributed by atoms with Crippen LogP contribution in [-0.2, 0) is 5.41 Å². The van der Waals surface area contributed by atoms with Crippen molar-refractivity contribution in [2.45, 2.75) is 12.3 Å². The summed E-state index contributed by atoms with van der Waals surface area (Å²) in [6, 6.07) is 10.4. The van der Waals surface area contributed by atoms with Crippen LogP contribution in [-0.4, -0.2) is 47.8 Å². The zero-order chi connectivity index (χ0) is 12.1. The van der Waals surface area contributed by atoms with E-state index in [1.807, 2.05) is 17.8 Å². The third-order valence-electron chi connectivity index (χ3n) is 3.50. The van der Waals surface area contributed by atoms with Crippen molar-refractivity contribution >= 4 is 11.8 Å². The second-order valence-electron chi connectivity index (χ2n) is 4.97. The summed E-state index contributed by atoms with van der Waals surface area (Å²) < 4.78 is 0. The minimum absolute atomic E-state index is 0.136. The molecule has 2 rings (SSSR count). The summed E-state index contributed by atoms with van der Waals surface area (Å²) in [5, 5.41) is 9.74. The number of benzene rings is 1. The molecule has 0 aromatic heterocycles.